The van der Waals surface area contributed by atoms with Gasteiger partial charge in [0.25, 0.3) is 0 Å². The molecule has 2 aliphatic rings. The Morgan fingerprint density at radius 3 is 1.33 bits per heavy atom. The third-order valence-corrected chi connectivity index (χ3v) is 5.30. The Bertz CT molecular complexity index is 750. The van der Waals surface area contributed by atoms with E-state index in [4.69, 9.17) is 0 Å². The summed E-state index contributed by atoms with van der Waals surface area (Å²) in [6.07, 6.45) is 2.32. The van der Waals surface area contributed by atoms with E-state index >= 15 is 0 Å². The molecule has 0 unspecified atom stereocenters. The number of hydrogen-bond acceptors (Lipinski definition) is 6. The lowest BCUT2D eigenvalue weighted by Gasteiger charge is -2.09. The molecule has 0 saturated heterocycles. The van der Waals surface area contributed by atoms with Crippen molar-refractivity contribution in [3.05, 3.63) is 35.4 Å². The molecule has 1 aromatic carbocycles. The van der Waals surface area contributed by atoms with E-state index in [1.807, 2.05) is 0 Å². The van der Waals surface area contributed by atoms with Crippen molar-refractivity contribution in [3.8, 4) is 0 Å². The van der Waals surface area contributed by atoms with Gasteiger partial charge < -0.3 is 19.8 Å². The van der Waals surface area contributed by atoms with Gasteiger partial charge in [-0.3, -0.25) is 19.0 Å². The second-order valence-corrected chi connectivity index (χ2v) is 7.35. The van der Waals surface area contributed by atoms with Crippen LogP contribution in [-0.2, 0) is 0 Å². The normalized spacial score (nSPS) is 15.5. The smallest absolute Gasteiger partial charge is 0.246 e. The number of benzene rings is 1. The summed E-state index contributed by atoms with van der Waals surface area (Å²) >= 11 is 0. The van der Waals surface area contributed by atoms with Gasteiger partial charge in [0, 0.05) is 24.0 Å². The van der Waals surface area contributed by atoms with Crippen LogP contribution in [0.4, 0.5) is 0 Å². The maximum absolute atomic E-state index is 10.3. The Morgan fingerprint density at radius 1 is 0.833 bits per heavy atom. The van der Waals surface area contributed by atoms with E-state index in [9.17, 15) is 19.8 Å². The molecule has 2 aliphatic heterocycles. The predicted octanol–water partition coefficient (Wildman–Crippen LogP) is -0.821. The molecule has 3 rings (SSSR count). The van der Waals surface area contributed by atoms with Crippen molar-refractivity contribution < 1.29 is 29.0 Å². The van der Waals surface area contributed by atoms with Crippen molar-refractivity contribution in [2.75, 3.05) is 54.4 Å². The number of likely N-dealkylation sites (N-methyl/N-ethyl adjacent to an activating group) is 4. The standard InChI is InChI=1S/C8H6O4.2C7H15N2/c9-7(10)5-3-1-2-4-6(5)8(11)12;2*1-4-7-8(2)5-6-9(7)3/h1-4H,(H,9,10)(H,11,12);2*4-6H2,1-3H3/q;2*+1/p-2. The van der Waals surface area contributed by atoms with E-state index in [2.05, 4.69) is 61.0 Å². The van der Waals surface area contributed by atoms with Crippen LogP contribution in [-0.4, -0.2) is 96.9 Å². The van der Waals surface area contributed by atoms with Crippen LogP contribution in [0.2, 0.25) is 0 Å². The number of rotatable bonds is 4. The summed E-state index contributed by atoms with van der Waals surface area (Å²) in [5, 5.41) is 20.6. The zero-order chi connectivity index (χ0) is 22.8. The van der Waals surface area contributed by atoms with E-state index in [1.165, 1.54) is 50.0 Å². The van der Waals surface area contributed by atoms with Gasteiger partial charge in [-0.2, -0.15) is 0 Å². The van der Waals surface area contributed by atoms with Crippen molar-refractivity contribution in [2.24, 2.45) is 0 Å². The van der Waals surface area contributed by atoms with Crippen molar-refractivity contribution in [2.45, 2.75) is 26.7 Å². The van der Waals surface area contributed by atoms with Crippen LogP contribution in [0.15, 0.2) is 24.3 Å². The first-order chi connectivity index (χ1) is 14.1. The van der Waals surface area contributed by atoms with Crippen LogP contribution in [0.25, 0.3) is 0 Å². The highest BCUT2D eigenvalue weighted by molar-refractivity contribution is 5.99. The molecule has 0 N–H and O–H groups in total. The molecule has 0 atom stereocenters. The second-order valence-electron chi connectivity index (χ2n) is 7.35. The highest BCUT2D eigenvalue weighted by Crippen LogP contribution is 2.05. The van der Waals surface area contributed by atoms with E-state index in [0.717, 1.165) is 25.0 Å². The Labute approximate surface area is 179 Å². The number of carboxylic acids is 2. The molecule has 0 spiro atoms. The Kier molecular flexibility index (Phi) is 10.0. The van der Waals surface area contributed by atoms with Gasteiger partial charge in [-0.15, -0.1) is 0 Å². The lowest BCUT2D eigenvalue weighted by Crippen LogP contribution is -2.29. The predicted molar refractivity (Wildman–Crippen MR) is 113 cm³/mol. The number of carboxylic acid groups (broad SMARTS) is 2. The van der Waals surface area contributed by atoms with Gasteiger partial charge in [-0.1, -0.05) is 38.1 Å². The van der Waals surface area contributed by atoms with Gasteiger partial charge in [-0.25, -0.2) is 0 Å². The average Bonchev–Trinajstić information content (AvgIpc) is 3.22. The molecule has 30 heavy (non-hydrogen) atoms. The molecule has 0 saturated carbocycles. The number of hydrogen-bond donors (Lipinski definition) is 0. The largest absolute Gasteiger partial charge is 0.545 e. The maximum atomic E-state index is 10.3. The van der Waals surface area contributed by atoms with Crippen LogP contribution in [0.1, 0.15) is 47.4 Å². The van der Waals surface area contributed by atoms with Gasteiger partial charge in [0.1, 0.15) is 26.2 Å². The third-order valence-electron chi connectivity index (χ3n) is 5.30. The van der Waals surface area contributed by atoms with Gasteiger partial charge in [-0.05, 0) is 0 Å². The number of carbonyl (C=O) groups is 2. The maximum Gasteiger partial charge on any atom is 0.246 e. The molecule has 0 radical (unpaired) electrons. The first-order valence-corrected chi connectivity index (χ1v) is 10.2. The fraction of sp³-hybridized carbons (Fsp3) is 0.545. The quantitative estimate of drug-likeness (QED) is 0.593. The van der Waals surface area contributed by atoms with E-state index < -0.39 is 11.9 Å². The summed E-state index contributed by atoms with van der Waals surface area (Å²) < 4.78 is 4.64. The fourth-order valence-electron chi connectivity index (χ4n) is 3.62. The van der Waals surface area contributed by atoms with E-state index in [-0.39, 0.29) is 11.1 Å². The highest BCUT2D eigenvalue weighted by Gasteiger charge is 2.22. The molecule has 0 aliphatic carbocycles. The van der Waals surface area contributed by atoms with Crippen molar-refractivity contribution in [1.29, 1.82) is 0 Å². The first-order valence-electron chi connectivity index (χ1n) is 10.2. The summed E-state index contributed by atoms with van der Waals surface area (Å²) in [6, 6.07) is 5.14. The summed E-state index contributed by atoms with van der Waals surface area (Å²) in [7, 11) is 8.62. The van der Waals surface area contributed by atoms with E-state index in [0.29, 0.717) is 0 Å². The SMILES string of the molecule is CCC1=[N+](C)CCN1C.CCC1=[N+](C)CCN1C.O=C([O-])c1ccccc1C(=O)[O-]. The molecule has 0 amide bonds. The van der Waals surface area contributed by atoms with Crippen LogP contribution >= 0.6 is 0 Å². The minimum atomic E-state index is -1.52. The van der Waals surface area contributed by atoms with Crippen molar-refractivity contribution in [3.63, 3.8) is 0 Å². The zero-order valence-electron chi connectivity index (χ0n) is 19.0. The monoisotopic (exact) mass is 418 g/mol. The van der Waals surface area contributed by atoms with Crippen LogP contribution in [0.5, 0.6) is 0 Å². The number of nitrogens with zero attached hydrogens (tertiary/aromatic N) is 4. The van der Waals surface area contributed by atoms with Gasteiger partial charge in [0.15, 0.2) is 0 Å². The van der Waals surface area contributed by atoms with E-state index in [1.54, 1.807) is 0 Å². The lowest BCUT2D eigenvalue weighted by atomic mass is 10.1. The van der Waals surface area contributed by atoms with Gasteiger partial charge >= 0.3 is 0 Å². The second kappa shape index (κ2) is 11.9. The third kappa shape index (κ3) is 6.86. The van der Waals surface area contributed by atoms with Crippen molar-refractivity contribution in [1.82, 2.24) is 9.80 Å². The molecule has 0 fully saturated rings. The van der Waals surface area contributed by atoms with Gasteiger partial charge in [0.2, 0.25) is 11.7 Å². The summed E-state index contributed by atoms with van der Waals surface area (Å²) in [5.41, 5.74) is -0.727. The Morgan fingerprint density at radius 2 is 1.17 bits per heavy atom. The fourth-order valence-corrected chi connectivity index (χ4v) is 3.62. The molecule has 8 heteroatoms. The van der Waals surface area contributed by atoms with Crippen LogP contribution < -0.4 is 10.2 Å². The molecule has 8 nitrogen and oxygen atoms in total. The number of aromatic carboxylic acids is 2. The number of amidine groups is 2. The summed E-state index contributed by atoms with van der Waals surface area (Å²) in [5.74, 6) is -0.102. The molecule has 0 aromatic heterocycles. The van der Waals surface area contributed by atoms with Crippen LogP contribution in [0.3, 0.4) is 0 Å². The Balaban J connectivity index is 0.000000229. The highest BCUT2D eigenvalue weighted by atomic mass is 16.4. The topological polar surface area (TPSA) is 92.8 Å². The zero-order valence-corrected chi connectivity index (χ0v) is 19.0. The summed E-state index contributed by atoms with van der Waals surface area (Å²) in [6.45, 7) is 9.18. The van der Waals surface area contributed by atoms with Crippen LogP contribution in [0, 0.1) is 0 Å². The molecule has 1 aromatic rings. The van der Waals surface area contributed by atoms with Crippen molar-refractivity contribution >= 4 is 23.6 Å². The Hall–Kier alpha value is -2.90. The molecule has 0 bridgehead atoms. The first kappa shape index (κ1) is 25.1. The average molecular weight is 419 g/mol. The van der Waals surface area contributed by atoms with Gasteiger partial charge in [0.05, 0.1) is 40.1 Å². The molecule has 166 valence electrons. The summed E-state index contributed by atoms with van der Waals surface area (Å²) in [4.78, 5) is 25.3. The minimum absolute atomic E-state index is 0.363. The molecular weight excluding hydrogens is 384 g/mol. The lowest BCUT2D eigenvalue weighted by molar-refractivity contribution is -0.487. The molecular formula is C22H34N4O4. The minimum Gasteiger partial charge on any atom is -0.545 e. The number of carbonyl (C=O) groups excluding carboxylic acids is 2. The molecule has 2 heterocycles.